The van der Waals surface area contributed by atoms with E-state index in [1.807, 2.05) is 30.3 Å². The van der Waals surface area contributed by atoms with Gasteiger partial charge < -0.3 is 4.74 Å². The largest absolute Gasteiger partial charge is 0.465 e. The molecular weight excluding hydrogens is 240 g/mol. The number of ether oxygens (including phenoxy) is 1. The Kier molecular flexibility index (Phi) is 4.35. The Hall–Kier alpha value is -1.64. The predicted octanol–water partition coefficient (Wildman–Crippen LogP) is 2.92. The lowest BCUT2D eigenvalue weighted by atomic mass is 9.69. The molecular formula is C16H20O3. The van der Waals surface area contributed by atoms with Crippen molar-refractivity contribution in [1.82, 2.24) is 0 Å². The van der Waals surface area contributed by atoms with Crippen LogP contribution in [0.5, 0.6) is 0 Å². The molecule has 0 saturated heterocycles. The third-order valence-electron chi connectivity index (χ3n) is 3.81. The van der Waals surface area contributed by atoms with Gasteiger partial charge in [-0.25, -0.2) is 0 Å². The van der Waals surface area contributed by atoms with E-state index in [0.717, 1.165) is 18.4 Å². The number of carbonyl (C=O) groups is 2. The van der Waals surface area contributed by atoms with Gasteiger partial charge in [0.05, 0.1) is 6.61 Å². The zero-order valence-electron chi connectivity index (χ0n) is 11.4. The van der Waals surface area contributed by atoms with Crippen LogP contribution in [0.1, 0.15) is 38.2 Å². The van der Waals surface area contributed by atoms with Gasteiger partial charge in [-0.1, -0.05) is 36.8 Å². The van der Waals surface area contributed by atoms with Crippen molar-refractivity contribution in [3.8, 4) is 0 Å². The summed E-state index contributed by atoms with van der Waals surface area (Å²) in [5.74, 6) is -0.301. The summed E-state index contributed by atoms with van der Waals surface area (Å²) in [7, 11) is 0. The molecule has 0 amide bonds. The molecule has 3 nitrogen and oxygen atoms in total. The minimum Gasteiger partial charge on any atom is -0.465 e. The molecule has 1 aliphatic carbocycles. The maximum Gasteiger partial charge on any atom is 0.319 e. The lowest BCUT2D eigenvalue weighted by Gasteiger charge is -2.33. The highest BCUT2D eigenvalue weighted by Crippen LogP contribution is 2.37. The molecule has 1 aromatic carbocycles. The van der Waals surface area contributed by atoms with Crippen molar-refractivity contribution >= 4 is 11.8 Å². The summed E-state index contributed by atoms with van der Waals surface area (Å²) in [4.78, 5) is 24.6. The molecule has 0 heterocycles. The summed E-state index contributed by atoms with van der Waals surface area (Å²) < 4.78 is 5.17. The molecule has 0 bridgehead atoms. The van der Waals surface area contributed by atoms with Crippen LogP contribution in [0.3, 0.4) is 0 Å². The van der Waals surface area contributed by atoms with Crippen LogP contribution in [0.4, 0.5) is 0 Å². The highest BCUT2D eigenvalue weighted by atomic mass is 16.5. The third kappa shape index (κ3) is 2.86. The molecule has 3 heteroatoms. The van der Waals surface area contributed by atoms with Crippen LogP contribution in [0.2, 0.25) is 0 Å². The molecule has 19 heavy (non-hydrogen) atoms. The van der Waals surface area contributed by atoms with Gasteiger partial charge in [0.2, 0.25) is 0 Å². The molecule has 102 valence electrons. The second-order valence-corrected chi connectivity index (χ2v) is 5.10. The first-order chi connectivity index (χ1) is 9.19. The Labute approximate surface area is 114 Å². The fraction of sp³-hybridized carbons (Fsp3) is 0.500. The summed E-state index contributed by atoms with van der Waals surface area (Å²) in [6.45, 7) is 2.10. The lowest BCUT2D eigenvalue weighted by Crippen LogP contribution is -2.44. The Morgan fingerprint density at radius 2 is 2.00 bits per heavy atom. The SMILES string of the molecule is CCOC(=O)[C@]1(Cc2ccccc2)CCCCC1=O. The van der Waals surface area contributed by atoms with Gasteiger partial charge in [0.25, 0.3) is 0 Å². The van der Waals surface area contributed by atoms with Crippen molar-refractivity contribution in [2.45, 2.75) is 39.0 Å². The molecule has 0 aliphatic heterocycles. The number of rotatable bonds is 4. The van der Waals surface area contributed by atoms with Gasteiger partial charge >= 0.3 is 5.97 Å². The lowest BCUT2D eigenvalue weighted by molar-refractivity contribution is -0.162. The second kappa shape index (κ2) is 6.00. The number of esters is 1. The van der Waals surface area contributed by atoms with E-state index in [1.165, 1.54) is 0 Å². The van der Waals surface area contributed by atoms with Crippen molar-refractivity contribution in [2.75, 3.05) is 6.61 Å². The fourth-order valence-corrected chi connectivity index (χ4v) is 2.78. The zero-order chi connectivity index (χ0) is 13.7. The maximum absolute atomic E-state index is 12.3. The smallest absolute Gasteiger partial charge is 0.319 e. The van der Waals surface area contributed by atoms with E-state index in [0.29, 0.717) is 25.9 Å². The highest BCUT2D eigenvalue weighted by Gasteiger charge is 2.47. The van der Waals surface area contributed by atoms with Crippen LogP contribution in [0.25, 0.3) is 0 Å². The van der Waals surface area contributed by atoms with E-state index in [9.17, 15) is 9.59 Å². The van der Waals surface area contributed by atoms with Gasteiger partial charge in [-0.2, -0.15) is 0 Å². The van der Waals surface area contributed by atoms with Crippen LogP contribution in [-0.4, -0.2) is 18.4 Å². The van der Waals surface area contributed by atoms with Crippen molar-refractivity contribution in [3.63, 3.8) is 0 Å². The van der Waals surface area contributed by atoms with Gasteiger partial charge in [-0.3, -0.25) is 9.59 Å². The first-order valence-corrected chi connectivity index (χ1v) is 6.93. The monoisotopic (exact) mass is 260 g/mol. The van der Waals surface area contributed by atoms with Crippen LogP contribution in [0, 0.1) is 5.41 Å². The van der Waals surface area contributed by atoms with Crippen LogP contribution in [0.15, 0.2) is 30.3 Å². The van der Waals surface area contributed by atoms with Crippen molar-refractivity contribution in [3.05, 3.63) is 35.9 Å². The Morgan fingerprint density at radius 3 is 2.63 bits per heavy atom. The van der Waals surface area contributed by atoms with Crippen LogP contribution < -0.4 is 0 Å². The maximum atomic E-state index is 12.3. The van der Waals surface area contributed by atoms with Crippen molar-refractivity contribution < 1.29 is 14.3 Å². The molecule has 1 aliphatic rings. The first-order valence-electron chi connectivity index (χ1n) is 6.93. The average molecular weight is 260 g/mol. The van der Waals surface area contributed by atoms with Gasteiger partial charge in [-0.15, -0.1) is 0 Å². The number of benzene rings is 1. The Morgan fingerprint density at radius 1 is 1.26 bits per heavy atom. The molecule has 0 unspecified atom stereocenters. The number of hydrogen-bond acceptors (Lipinski definition) is 3. The number of Topliss-reactive ketones (excluding diaryl/α,β-unsaturated/α-hetero) is 1. The zero-order valence-corrected chi connectivity index (χ0v) is 11.4. The quantitative estimate of drug-likeness (QED) is 0.617. The minimum absolute atomic E-state index is 0.0426. The van der Waals surface area contributed by atoms with Gasteiger partial charge in [0, 0.05) is 6.42 Å². The van der Waals surface area contributed by atoms with Crippen LogP contribution >= 0.6 is 0 Å². The summed E-state index contributed by atoms with van der Waals surface area (Å²) >= 11 is 0. The third-order valence-corrected chi connectivity index (χ3v) is 3.81. The molecule has 1 fully saturated rings. The first kappa shape index (κ1) is 13.8. The number of carbonyl (C=O) groups excluding carboxylic acids is 2. The summed E-state index contributed by atoms with van der Waals surface area (Å²) in [6, 6.07) is 9.72. The van der Waals surface area contributed by atoms with Gasteiger partial charge in [-0.05, 0) is 31.7 Å². The van der Waals surface area contributed by atoms with Crippen molar-refractivity contribution in [2.24, 2.45) is 5.41 Å². The molecule has 1 atom stereocenters. The topological polar surface area (TPSA) is 43.4 Å². The molecule has 1 saturated carbocycles. The van der Waals surface area contributed by atoms with E-state index >= 15 is 0 Å². The summed E-state index contributed by atoms with van der Waals surface area (Å²) in [6.07, 6.45) is 3.36. The minimum atomic E-state index is -0.949. The molecule has 0 radical (unpaired) electrons. The normalized spacial score (nSPS) is 23.1. The van der Waals surface area contributed by atoms with E-state index in [1.54, 1.807) is 6.92 Å². The van der Waals surface area contributed by atoms with E-state index in [-0.39, 0.29) is 11.8 Å². The number of hydrogen-bond donors (Lipinski definition) is 0. The second-order valence-electron chi connectivity index (χ2n) is 5.10. The highest BCUT2D eigenvalue weighted by molar-refractivity contribution is 6.04. The van der Waals surface area contributed by atoms with E-state index < -0.39 is 5.41 Å². The number of ketones is 1. The molecule has 0 N–H and O–H groups in total. The van der Waals surface area contributed by atoms with Crippen molar-refractivity contribution in [1.29, 1.82) is 0 Å². The van der Waals surface area contributed by atoms with Gasteiger partial charge in [0.15, 0.2) is 5.78 Å². The standard InChI is InChI=1S/C16H20O3/c1-2-19-15(18)16(11-7-6-10-14(16)17)12-13-8-4-3-5-9-13/h3-5,8-9H,2,6-7,10-12H2,1H3/t16-/m0/s1. The molecule has 0 aromatic heterocycles. The van der Waals surface area contributed by atoms with Gasteiger partial charge in [0.1, 0.15) is 5.41 Å². The fourth-order valence-electron chi connectivity index (χ4n) is 2.78. The average Bonchev–Trinajstić information content (AvgIpc) is 2.43. The van der Waals surface area contributed by atoms with E-state index in [2.05, 4.69) is 0 Å². The van der Waals surface area contributed by atoms with E-state index in [4.69, 9.17) is 4.74 Å². The summed E-state index contributed by atoms with van der Waals surface area (Å²) in [5, 5.41) is 0. The predicted molar refractivity (Wildman–Crippen MR) is 72.7 cm³/mol. The summed E-state index contributed by atoms with van der Waals surface area (Å²) in [5.41, 5.74) is 0.0705. The Balaban J connectivity index is 2.28. The molecule has 1 aromatic rings. The molecule has 0 spiro atoms. The molecule has 2 rings (SSSR count). The Bertz CT molecular complexity index is 452. The van der Waals surface area contributed by atoms with Crippen LogP contribution in [-0.2, 0) is 20.7 Å².